The molecule has 0 aliphatic heterocycles. The van der Waals surface area contributed by atoms with E-state index < -0.39 is 35.1 Å². The minimum Gasteiger partial charge on any atom is -0.538 e. The van der Waals surface area contributed by atoms with Crippen LogP contribution in [0.1, 0.15) is 26.5 Å². The summed E-state index contributed by atoms with van der Waals surface area (Å²) in [6, 6.07) is 0. The Morgan fingerprint density at radius 2 is 2.04 bits per heavy atom. The maximum atomic E-state index is 11.7. The van der Waals surface area contributed by atoms with Crippen LogP contribution in [0.3, 0.4) is 0 Å². The number of hydrogen-bond donors (Lipinski definition) is 2. The van der Waals surface area contributed by atoms with E-state index in [-0.39, 0.29) is 10.8 Å². The number of carboxylic acids is 1. The Hall–Kier alpha value is -2.89. The SMILES string of the molecule is BOC(=O)C(=C)O/N=C(\C(=O)O)c1csc(NC(=O)OC(C)(C)C)n1. The third-order valence-electron chi connectivity index (χ3n) is 2.22. The average Bonchev–Trinajstić information content (AvgIpc) is 2.91. The van der Waals surface area contributed by atoms with Crippen LogP contribution in [-0.4, -0.2) is 47.5 Å². The highest BCUT2D eigenvalue weighted by Crippen LogP contribution is 2.18. The fourth-order valence-electron chi connectivity index (χ4n) is 1.28. The van der Waals surface area contributed by atoms with E-state index in [1.807, 2.05) is 0 Å². The van der Waals surface area contributed by atoms with Crippen LogP contribution in [0.25, 0.3) is 0 Å². The molecule has 0 saturated carbocycles. The molecule has 1 heterocycles. The Morgan fingerprint density at radius 3 is 2.56 bits per heavy atom. The predicted octanol–water partition coefficient (Wildman–Crippen LogP) is 0.900. The van der Waals surface area contributed by atoms with Gasteiger partial charge in [-0.3, -0.25) is 5.32 Å². The minimum absolute atomic E-state index is 0.0822. The zero-order valence-corrected chi connectivity index (χ0v) is 14.8. The molecule has 0 saturated heterocycles. The van der Waals surface area contributed by atoms with Gasteiger partial charge in [-0.25, -0.2) is 19.4 Å². The maximum Gasteiger partial charge on any atom is 0.413 e. The van der Waals surface area contributed by atoms with Gasteiger partial charge >= 0.3 is 26.1 Å². The molecular weight excluding hydrogens is 353 g/mol. The lowest BCUT2D eigenvalue weighted by Gasteiger charge is -2.18. The van der Waals surface area contributed by atoms with Gasteiger partial charge in [-0.2, -0.15) is 0 Å². The zero-order valence-electron chi connectivity index (χ0n) is 14.0. The Balaban J connectivity index is 2.88. The van der Waals surface area contributed by atoms with Crippen LogP contribution in [0.4, 0.5) is 9.93 Å². The minimum atomic E-state index is -1.45. The second-order valence-corrected chi connectivity index (χ2v) is 6.27. The summed E-state index contributed by atoms with van der Waals surface area (Å²) in [6.45, 7) is 8.33. The second-order valence-electron chi connectivity index (χ2n) is 5.42. The van der Waals surface area contributed by atoms with Crippen molar-refractivity contribution in [3.05, 3.63) is 23.4 Å². The van der Waals surface area contributed by atoms with E-state index in [0.717, 1.165) is 19.4 Å². The van der Waals surface area contributed by atoms with Crippen molar-refractivity contribution >= 4 is 48.3 Å². The van der Waals surface area contributed by atoms with E-state index in [1.54, 1.807) is 20.8 Å². The number of nitrogens with one attached hydrogen (secondary N) is 1. The highest BCUT2D eigenvalue weighted by atomic mass is 32.1. The second kappa shape index (κ2) is 8.28. The molecule has 1 rings (SSSR count). The molecule has 0 bridgehead atoms. The first kappa shape index (κ1) is 20.2. The van der Waals surface area contributed by atoms with Crippen LogP contribution in [-0.2, 0) is 23.8 Å². The first-order valence-electron chi connectivity index (χ1n) is 6.75. The van der Waals surface area contributed by atoms with Gasteiger partial charge in [-0.15, -0.1) is 11.3 Å². The summed E-state index contributed by atoms with van der Waals surface area (Å²) in [5.41, 5.74) is -1.36. The lowest BCUT2D eigenvalue weighted by molar-refractivity contribution is -0.134. The largest absolute Gasteiger partial charge is 0.538 e. The molecule has 0 aliphatic carbocycles. The lowest BCUT2D eigenvalue weighted by atomic mass is 10.2. The number of hydrogen-bond acceptors (Lipinski definition) is 9. The third kappa shape index (κ3) is 6.63. The summed E-state index contributed by atoms with van der Waals surface area (Å²) in [6.07, 6.45) is -0.738. The monoisotopic (exact) mass is 369 g/mol. The van der Waals surface area contributed by atoms with Gasteiger partial charge in [0.05, 0.1) is 0 Å². The first-order chi connectivity index (χ1) is 11.5. The van der Waals surface area contributed by atoms with E-state index in [4.69, 9.17) is 4.74 Å². The van der Waals surface area contributed by atoms with Gasteiger partial charge in [0, 0.05) is 5.38 Å². The van der Waals surface area contributed by atoms with Crippen molar-refractivity contribution < 1.29 is 33.7 Å². The number of oxime groups is 1. The number of nitrogens with zero attached hydrogens (tertiary/aromatic N) is 2. The quantitative estimate of drug-likeness (QED) is 0.248. The van der Waals surface area contributed by atoms with E-state index in [2.05, 4.69) is 31.5 Å². The molecule has 1 aromatic heterocycles. The molecule has 1 amide bonds. The topological polar surface area (TPSA) is 136 Å². The predicted molar refractivity (Wildman–Crippen MR) is 91.0 cm³/mol. The number of carbonyl (C=O) groups excluding carboxylic acids is 2. The number of carbonyl (C=O) groups is 3. The molecule has 0 spiro atoms. The fraction of sp³-hybridized carbons (Fsp3) is 0.308. The molecule has 25 heavy (non-hydrogen) atoms. The Bertz CT molecular complexity index is 723. The highest BCUT2D eigenvalue weighted by molar-refractivity contribution is 7.14. The van der Waals surface area contributed by atoms with Gasteiger partial charge in [-0.1, -0.05) is 5.16 Å². The highest BCUT2D eigenvalue weighted by Gasteiger charge is 2.21. The van der Waals surface area contributed by atoms with E-state index >= 15 is 0 Å². The number of aliphatic carboxylic acids is 1. The van der Waals surface area contributed by atoms with Crippen LogP contribution < -0.4 is 5.32 Å². The summed E-state index contributed by atoms with van der Waals surface area (Å²) in [7, 11) is 1.10. The van der Waals surface area contributed by atoms with Gasteiger partial charge in [-0.05, 0) is 27.4 Å². The fourth-order valence-corrected chi connectivity index (χ4v) is 1.96. The number of anilines is 1. The molecule has 0 unspecified atom stereocenters. The normalized spacial score (nSPS) is 11.4. The van der Waals surface area contributed by atoms with Gasteiger partial charge in [0.25, 0.3) is 0 Å². The summed E-state index contributed by atoms with van der Waals surface area (Å²) in [5.74, 6) is -2.85. The molecule has 2 N–H and O–H groups in total. The number of thiazole rings is 1. The van der Waals surface area contributed by atoms with Crippen molar-refractivity contribution in [1.82, 2.24) is 4.98 Å². The van der Waals surface area contributed by atoms with Crippen LogP contribution >= 0.6 is 11.3 Å². The van der Waals surface area contributed by atoms with Crippen LogP contribution in [0.2, 0.25) is 0 Å². The van der Waals surface area contributed by atoms with Crippen molar-refractivity contribution in [2.24, 2.45) is 5.16 Å². The summed E-state index contributed by atoms with van der Waals surface area (Å²) >= 11 is 0.958. The molecule has 0 atom stereocenters. The van der Waals surface area contributed by atoms with Crippen molar-refractivity contribution in [2.75, 3.05) is 5.32 Å². The summed E-state index contributed by atoms with van der Waals surface area (Å²) < 4.78 is 9.40. The van der Waals surface area contributed by atoms with Crippen molar-refractivity contribution in [2.45, 2.75) is 26.4 Å². The Labute approximate surface area is 147 Å². The summed E-state index contributed by atoms with van der Waals surface area (Å²) in [5, 5.41) is 16.3. The standard InChI is InChI=1S/C13H16BN3O7S/c1-6(10(20)23-14)24-17-8(9(18)19)7-5-25-11(15-7)16-12(21)22-13(2,3)4/h5H,1,14H2,2-4H3,(H,18,19)(H,15,16,21)/b17-8-. The molecule has 0 aromatic carbocycles. The van der Waals surface area contributed by atoms with Crippen molar-refractivity contribution in [1.29, 1.82) is 0 Å². The first-order valence-corrected chi connectivity index (χ1v) is 7.63. The van der Waals surface area contributed by atoms with E-state index in [9.17, 15) is 19.5 Å². The maximum absolute atomic E-state index is 11.7. The third-order valence-corrected chi connectivity index (χ3v) is 2.98. The van der Waals surface area contributed by atoms with Crippen molar-refractivity contribution in [3.63, 3.8) is 0 Å². The zero-order chi connectivity index (χ0) is 19.2. The van der Waals surface area contributed by atoms with Gasteiger partial charge < -0.3 is 19.3 Å². The van der Waals surface area contributed by atoms with E-state index in [0.29, 0.717) is 0 Å². The van der Waals surface area contributed by atoms with E-state index in [1.165, 1.54) is 5.38 Å². The number of rotatable bonds is 6. The molecule has 0 aliphatic rings. The smallest absolute Gasteiger partial charge is 0.413 e. The molecule has 10 nitrogen and oxygen atoms in total. The van der Waals surface area contributed by atoms with Crippen LogP contribution in [0, 0.1) is 0 Å². The Morgan fingerprint density at radius 1 is 1.40 bits per heavy atom. The Kier molecular flexibility index (Phi) is 6.68. The molecular formula is C13H16BN3O7S. The molecule has 1 aromatic rings. The number of amides is 1. The van der Waals surface area contributed by atoms with Gasteiger partial charge in [0.2, 0.25) is 11.5 Å². The molecule has 0 fully saturated rings. The summed E-state index contributed by atoms with van der Waals surface area (Å²) in [4.78, 5) is 42.6. The van der Waals surface area contributed by atoms with Gasteiger partial charge in [0.1, 0.15) is 11.3 Å². The number of carboxylic acid groups (broad SMARTS) is 1. The van der Waals surface area contributed by atoms with Crippen LogP contribution in [0.5, 0.6) is 0 Å². The number of aromatic nitrogens is 1. The number of ether oxygens (including phenoxy) is 1. The molecule has 12 heteroatoms. The average molecular weight is 369 g/mol. The molecule has 134 valence electrons. The van der Waals surface area contributed by atoms with Gasteiger partial charge in [0.15, 0.2) is 5.13 Å². The lowest BCUT2D eigenvalue weighted by Crippen LogP contribution is -2.27. The van der Waals surface area contributed by atoms with Crippen LogP contribution in [0.15, 0.2) is 22.9 Å². The van der Waals surface area contributed by atoms with Crippen molar-refractivity contribution in [3.8, 4) is 0 Å². The molecule has 0 radical (unpaired) electrons.